The highest BCUT2D eigenvalue weighted by atomic mass is 16.5. The molecule has 0 spiro atoms. The van der Waals surface area contributed by atoms with Crippen LogP contribution in [-0.4, -0.2) is 46.8 Å². The highest BCUT2D eigenvalue weighted by molar-refractivity contribution is 5.91. The van der Waals surface area contributed by atoms with Crippen molar-refractivity contribution in [1.29, 1.82) is 0 Å². The number of ether oxygens (including phenoxy) is 2. The Labute approximate surface area is 175 Å². The van der Waals surface area contributed by atoms with E-state index in [-0.39, 0.29) is 12.5 Å². The standard InChI is InChI=1S/C23H25N3O4/c1-4-29-21-11-5-18(6-12-21)15-25(3)22(27)16-30-23(28)19-7-9-20(10-8-19)26-17(2)13-14-24-26/h5-14H,4,15-16H2,1-3H3. The van der Waals surface area contributed by atoms with Crippen molar-refractivity contribution < 1.29 is 19.1 Å². The Bertz CT molecular complexity index is 994. The fraction of sp³-hybridized carbons (Fsp3) is 0.261. The number of carbonyl (C=O) groups is 2. The van der Waals surface area contributed by atoms with Crippen LogP contribution < -0.4 is 4.74 Å². The van der Waals surface area contributed by atoms with E-state index in [1.54, 1.807) is 42.2 Å². The van der Waals surface area contributed by atoms with Crippen LogP contribution >= 0.6 is 0 Å². The summed E-state index contributed by atoms with van der Waals surface area (Å²) in [5, 5.41) is 4.23. The molecule has 0 bridgehead atoms. The Kier molecular flexibility index (Phi) is 6.85. The molecular weight excluding hydrogens is 382 g/mol. The van der Waals surface area contributed by atoms with Crippen molar-refractivity contribution in [3.8, 4) is 11.4 Å². The molecule has 156 valence electrons. The molecule has 0 aliphatic heterocycles. The van der Waals surface area contributed by atoms with Crippen molar-refractivity contribution in [3.63, 3.8) is 0 Å². The number of likely N-dealkylation sites (N-methyl/N-ethyl adjacent to an activating group) is 1. The van der Waals surface area contributed by atoms with Gasteiger partial charge >= 0.3 is 5.97 Å². The SMILES string of the molecule is CCOc1ccc(CN(C)C(=O)COC(=O)c2ccc(-n3nccc3C)cc2)cc1. The van der Waals surface area contributed by atoms with Gasteiger partial charge in [0, 0.05) is 25.5 Å². The molecule has 1 aromatic heterocycles. The number of hydrogen-bond acceptors (Lipinski definition) is 5. The predicted molar refractivity (Wildman–Crippen MR) is 113 cm³/mol. The monoisotopic (exact) mass is 407 g/mol. The van der Waals surface area contributed by atoms with Crippen LogP contribution in [0.15, 0.2) is 60.8 Å². The van der Waals surface area contributed by atoms with Crippen LogP contribution in [0.4, 0.5) is 0 Å². The highest BCUT2D eigenvalue weighted by Gasteiger charge is 2.14. The second-order valence-electron chi connectivity index (χ2n) is 6.83. The fourth-order valence-electron chi connectivity index (χ4n) is 2.92. The normalized spacial score (nSPS) is 10.5. The van der Waals surface area contributed by atoms with Crippen LogP contribution in [0.1, 0.15) is 28.5 Å². The smallest absolute Gasteiger partial charge is 0.338 e. The van der Waals surface area contributed by atoms with E-state index in [9.17, 15) is 9.59 Å². The molecule has 0 saturated heterocycles. The summed E-state index contributed by atoms with van der Waals surface area (Å²) < 4.78 is 12.4. The lowest BCUT2D eigenvalue weighted by molar-refractivity contribution is -0.133. The highest BCUT2D eigenvalue weighted by Crippen LogP contribution is 2.14. The minimum Gasteiger partial charge on any atom is -0.494 e. The van der Waals surface area contributed by atoms with Gasteiger partial charge in [-0.1, -0.05) is 12.1 Å². The van der Waals surface area contributed by atoms with Crippen LogP contribution in [-0.2, 0) is 16.1 Å². The van der Waals surface area contributed by atoms with E-state index in [1.807, 2.05) is 44.2 Å². The number of benzene rings is 2. The molecule has 0 aliphatic rings. The third-order valence-corrected chi connectivity index (χ3v) is 4.59. The van der Waals surface area contributed by atoms with Crippen molar-refractivity contribution in [2.24, 2.45) is 0 Å². The maximum atomic E-state index is 12.3. The topological polar surface area (TPSA) is 73.7 Å². The molecule has 0 radical (unpaired) electrons. The maximum absolute atomic E-state index is 12.3. The first-order chi connectivity index (χ1) is 14.5. The number of rotatable bonds is 8. The van der Waals surface area contributed by atoms with E-state index in [0.29, 0.717) is 18.7 Å². The molecule has 0 aliphatic carbocycles. The summed E-state index contributed by atoms with van der Waals surface area (Å²) in [7, 11) is 1.67. The minimum atomic E-state index is -0.540. The molecule has 7 nitrogen and oxygen atoms in total. The second kappa shape index (κ2) is 9.73. The summed E-state index contributed by atoms with van der Waals surface area (Å²) in [4.78, 5) is 26.1. The zero-order valence-corrected chi connectivity index (χ0v) is 17.4. The number of nitrogens with zero attached hydrogens (tertiary/aromatic N) is 3. The molecule has 0 atom stereocenters. The summed E-state index contributed by atoms with van der Waals surface area (Å²) >= 11 is 0. The first-order valence-corrected chi connectivity index (χ1v) is 9.72. The van der Waals surface area contributed by atoms with Crippen LogP contribution in [0.5, 0.6) is 5.75 Å². The molecule has 1 amide bonds. The Morgan fingerprint density at radius 2 is 1.73 bits per heavy atom. The van der Waals surface area contributed by atoms with Gasteiger partial charge in [-0.15, -0.1) is 0 Å². The summed E-state index contributed by atoms with van der Waals surface area (Å²) in [6, 6.07) is 16.3. The van der Waals surface area contributed by atoms with Gasteiger partial charge in [0.05, 0.1) is 17.9 Å². The zero-order chi connectivity index (χ0) is 21.5. The Balaban J connectivity index is 1.51. The Morgan fingerprint density at radius 1 is 1.03 bits per heavy atom. The summed E-state index contributed by atoms with van der Waals surface area (Å²) in [6.45, 7) is 4.59. The summed E-state index contributed by atoms with van der Waals surface area (Å²) in [5.41, 5.74) is 3.18. The van der Waals surface area contributed by atoms with E-state index < -0.39 is 5.97 Å². The molecule has 7 heteroatoms. The van der Waals surface area contributed by atoms with Crippen LogP contribution in [0.3, 0.4) is 0 Å². The van der Waals surface area contributed by atoms with Gasteiger partial charge in [0.25, 0.3) is 5.91 Å². The van der Waals surface area contributed by atoms with E-state index in [2.05, 4.69) is 5.10 Å². The van der Waals surface area contributed by atoms with Crippen molar-refractivity contribution >= 4 is 11.9 Å². The molecular formula is C23H25N3O4. The van der Waals surface area contributed by atoms with Gasteiger partial charge in [-0.05, 0) is 61.9 Å². The summed E-state index contributed by atoms with van der Waals surface area (Å²) in [5.74, 6) is -0.0273. The van der Waals surface area contributed by atoms with Crippen molar-refractivity contribution in [2.75, 3.05) is 20.3 Å². The Morgan fingerprint density at radius 3 is 2.33 bits per heavy atom. The number of hydrogen-bond donors (Lipinski definition) is 0. The largest absolute Gasteiger partial charge is 0.494 e. The fourth-order valence-corrected chi connectivity index (χ4v) is 2.92. The van der Waals surface area contributed by atoms with Gasteiger partial charge in [-0.2, -0.15) is 5.10 Å². The number of esters is 1. The third-order valence-electron chi connectivity index (χ3n) is 4.59. The van der Waals surface area contributed by atoms with Gasteiger partial charge in [0.1, 0.15) is 5.75 Å². The molecule has 0 unspecified atom stereocenters. The van der Waals surface area contributed by atoms with Gasteiger partial charge in [-0.3, -0.25) is 4.79 Å². The van der Waals surface area contributed by atoms with E-state index in [1.165, 1.54) is 4.90 Å². The Hall–Kier alpha value is -3.61. The van der Waals surface area contributed by atoms with Crippen molar-refractivity contribution in [2.45, 2.75) is 20.4 Å². The molecule has 1 heterocycles. The number of aryl methyl sites for hydroxylation is 1. The van der Waals surface area contributed by atoms with E-state index in [4.69, 9.17) is 9.47 Å². The quantitative estimate of drug-likeness (QED) is 0.535. The molecule has 30 heavy (non-hydrogen) atoms. The number of amides is 1. The first-order valence-electron chi connectivity index (χ1n) is 9.72. The third kappa shape index (κ3) is 5.26. The molecule has 3 aromatic rings. The minimum absolute atomic E-state index is 0.277. The van der Waals surface area contributed by atoms with Crippen molar-refractivity contribution in [3.05, 3.63) is 77.6 Å². The zero-order valence-electron chi connectivity index (χ0n) is 17.4. The predicted octanol–water partition coefficient (Wildman–Crippen LogP) is 3.39. The van der Waals surface area contributed by atoms with Gasteiger partial charge in [0.2, 0.25) is 0 Å². The maximum Gasteiger partial charge on any atom is 0.338 e. The van der Waals surface area contributed by atoms with Crippen molar-refractivity contribution in [1.82, 2.24) is 14.7 Å². The average molecular weight is 407 g/mol. The number of aromatic nitrogens is 2. The molecule has 3 rings (SSSR count). The molecule has 0 N–H and O–H groups in total. The lowest BCUT2D eigenvalue weighted by Gasteiger charge is -2.17. The average Bonchev–Trinajstić information content (AvgIpc) is 3.19. The first kappa shape index (κ1) is 21.1. The van der Waals surface area contributed by atoms with Gasteiger partial charge in [-0.25, -0.2) is 9.48 Å². The molecule has 2 aromatic carbocycles. The lowest BCUT2D eigenvalue weighted by atomic mass is 10.2. The van der Waals surface area contributed by atoms with E-state index in [0.717, 1.165) is 22.7 Å². The van der Waals surface area contributed by atoms with E-state index >= 15 is 0 Å². The van der Waals surface area contributed by atoms with Gasteiger partial charge in [0.15, 0.2) is 6.61 Å². The van der Waals surface area contributed by atoms with Crippen LogP contribution in [0, 0.1) is 6.92 Å². The second-order valence-corrected chi connectivity index (χ2v) is 6.83. The summed E-state index contributed by atoms with van der Waals surface area (Å²) in [6.07, 6.45) is 1.72. The van der Waals surface area contributed by atoms with Gasteiger partial charge < -0.3 is 14.4 Å². The number of carbonyl (C=O) groups excluding carboxylic acids is 2. The lowest BCUT2D eigenvalue weighted by Crippen LogP contribution is -2.30. The molecule has 0 fully saturated rings. The van der Waals surface area contributed by atoms with Crippen LogP contribution in [0.25, 0.3) is 5.69 Å². The van der Waals surface area contributed by atoms with Crippen LogP contribution in [0.2, 0.25) is 0 Å². The molecule has 0 saturated carbocycles.